The summed E-state index contributed by atoms with van der Waals surface area (Å²) in [5.41, 5.74) is 3.61. The van der Waals surface area contributed by atoms with Gasteiger partial charge in [-0.05, 0) is 43.2 Å². The maximum Gasteiger partial charge on any atom is 0.158 e. The Bertz CT molecular complexity index is 534. The number of carbonyl (C=O) groups is 1. The average molecular weight is 282 g/mol. The van der Waals surface area contributed by atoms with Gasteiger partial charge in [0.2, 0.25) is 0 Å². The molecule has 0 radical (unpaired) electrons. The highest BCUT2D eigenvalue weighted by Crippen LogP contribution is 2.37. The minimum absolute atomic E-state index is 0.100. The van der Waals surface area contributed by atoms with Gasteiger partial charge in [-0.3, -0.25) is 4.79 Å². The van der Waals surface area contributed by atoms with Crippen molar-refractivity contribution in [3.63, 3.8) is 0 Å². The first-order chi connectivity index (χ1) is 10.0. The molecule has 0 spiro atoms. The molecule has 21 heavy (non-hydrogen) atoms. The first kappa shape index (κ1) is 15.8. The Balaban J connectivity index is 2.26. The fourth-order valence-electron chi connectivity index (χ4n) is 3.10. The summed E-state index contributed by atoms with van der Waals surface area (Å²) in [5, 5.41) is 0. The molecule has 1 aliphatic rings. The second-order valence-corrected chi connectivity index (χ2v) is 6.50. The molecule has 1 fully saturated rings. The summed E-state index contributed by atoms with van der Waals surface area (Å²) in [6, 6.07) is 10.5. The van der Waals surface area contributed by atoms with E-state index >= 15 is 0 Å². The third-order valence-corrected chi connectivity index (χ3v) is 4.58. The highest BCUT2D eigenvalue weighted by Gasteiger charge is 2.27. The Morgan fingerprint density at radius 1 is 1.19 bits per heavy atom. The van der Waals surface area contributed by atoms with Crippen LogP contribution in [-0.2, 0) is 11.2 Å². The molecule has 1 nitrogen and oxygen atoms in total. The molecule has 112 valence electrons. The molecule has 0 saturated heterocycles. The average Bonchev–Trinajstić information content (AvgIpc) is 2.50. The van der Waals surface area contributed by atoms with Crippen molar-refractivity contribution in [2.75, 3.05) is 0 Å². The Morgan fingerprint density at radius 2 is 1.86 bits per heavy atom. The number of carbonyl (C=O) groups excluding carboxylic acids is 1. The van der Waals surface area contributed by atoms with Crippen LogP contribution in [0.3, 0.4) is 0 Å². The summed E-state index contributed by atoms with van der Waals surface area (Å²) >= 11 is 0. The van der Waals surface area contributed by atoms with Gasteiger partial charge in [-0.15, -0.1) is 6.58 Å². The molecule has 1 aliphatic carbocycles. The molecule has 1 aromatic carbocycles. The molecule has 0 amide bonds. The molecule has 1 heteroatoms. The molecule has 1 aromatic rings. The van der Waals surface area contributed by atoms with Crippen LogP contribution in [0.2, 0.25) is 0 Å². The lowest BCUT2D eigenvalue weighted by Gasteiger charge is -2.29. The van der Waals surface area contributed by atoms with Gasteiger partial charge in [-0.25, -0.2) is 0 Å². The number of allylic oxidation sites excluding steroid dienone is 3. The topological polar surface area (TPSA) is 17.1 Å². The smallest absolute Gasteiger partial charge is 0.158 e. The van der Waals surface area contributed by atoms with Gasteiger partial charge in [0.15, 0.2) is 5.78 Å². The Labute approximate surface area is 128 Å². The Kier molecular flexibility index (Phi) is 5.17. The van der Waals surface area contributed by atoms with Gasteiger partial charge < -0.3 is 0 Å². The second kappa shape index (κ2) is 6.89. The minimum Gasteiger partial charge on any atom is -0.295 e. The second-order valence-electron chi connectivity index (χ2n) is 6.50. The molecule has 0 heterocycles. The van der Waals surface area contributed by atoms with Crippen molar-refractivity contribution in [1.82, 2.24) is 0 Å². The van der Waals surface area contributed by atoms with E-state index in [1.165, 1.54) is 11.1 Å². The third kappa shape index (κ3) is 3.93. The van der Waals surface area contributed by atoms with E-state index in [1.54, 1.807) is 0 Å². The Hall–Kier alpha value is -1.63. The number of aryl methyl sites for hydroxylation is 1. The zero-order chi connectivity index (χ0) is 15.3. The van der Waals surface area contributed by atoms with Crippen molar-refractivity contribution < 1.29 is 4.79 Å². The molecule has 0 N–H and O–H groups in total. The largest absolute Gasteiger partial charge is 0.295 e. The van der Waals surface area contributed by atoms with Crippen LogP contribution in [0.4, 0.5) is 0 Å². The minimum atomic E-state index is -0.100. The quantitative estimate of drug-likeness (QED) is 0.531. The standard InChI is InChI=1S/C20H26O/c1-4-20(2,3)18(17-12-8-9-13-19(17)21)15-14-16-10-6-5-7-11-16/h4-7,10-11H,1,8-9,12-15H2,2-3H3/b18-17-. The van der Waals surface area contributed by atoms with Crippen molar-refractivity contribution in [3.8, 4) is 0 Å². The molecule has 0 unspecified atom stereocenters. The molecule has 0 bridgehead atoms. The van der Waals surface area contributed by atoms with Crippen LogP contribution < -0.4 is 0 Å². The van der Waals surface area contributed by atoms with Crippen molar-refractivity contribution in [2.45, 2.75) is 52.4 Å². The molecule has 0 atom stereocenters. The number of rotatable bonds is 5. The molecular weight excluding hydrogens is 256 g/mol. The van der Waals surface area contributed by atoms with Crippen molar-refractivity contribution in [1.29, 1.82) is 0 Å². The van der Waals surface area contributed by atoms with Gasteiger partial charge >= 0.3 is 0 Å². The van der Waals surface area contributed by atoms with Crippen LogP contribution in [0.15, 0.2) is 54.1 Å². The van der Waals surface area contributed by atoms with E-state index in [2.05, 4.69) is 44.7 Å². The summed E-state index contributed by atoms with van der Waals surface area (Å²) < 4.78 is 0. The van der Waals surface area contributed by atoms with Gasteiger partial charge in [0.05, 0.1) is 0 Å². The van der Waals surface area contributed by atoms with E-state index in [0.717, 1.165) is 44.1 Å². The third-order valence-electron chi connectivity index (χ3n) is 4.58. The van der Waals surface area contributed by atoms with E-state index in [0.29, 0.717) is 5.78 Å². The van der Waals surface area contributed by atoms with Crippen LogP contribution >= 0.6 is 0 Å². The highest BCUT2D eigenvalue weighted by atomic mass is 16.1. The summed E-state index contributed by atoms with van der Waals surface area (Å²) in [5.74, 6) is 0.360. The van der Waals surface area contributed by atoms with E-state index in [9.17, 15) is 4.79 Å². The van der Waals surface area contributed by atoms with Gasteiger partial charge in [0.25, 0.3) is 0 Å². The van der Waals surface area contributed by atoms with Crippen LogP contribution in [0, 0.1) is 5.41 Å². The zero-order valence-corrected chi connectivity index (χ0v) is 13.3. The van der Waals surface area contributed by atoms with E-state index < -0.39 is 0 Å². The van der Waals surface area contributed by atoms with Gasteiger partial charge in [-0.2, -0.15) is 0 Å². The van der Waals surface area contributed by atoms with Crippen LogP contribution in [0.5, 0.6) is 0 Å². The number of ketones is 1. The monoisotopic (exact) mass is 282 g/mol. The predicted octanol–water partition coefficient (Wildman–Crippen LogP) is 5.27. The molecular formula is C20H26O. The first-order valence-corrected chi connectivity index (χ1v) is 7.98. The number of Topliss-reactive ketones (excluding diaryl/α,β-unsaturated/α-hetero) is 1. The molecule has 2 rings (SSSR count). The van der Waals surface area contributed by atoms with Crippen LogP contribution in [-0.4, -0.2) is 5.78 Å². The van der Waals surface area contributed by atoms with Gasteiger partial charge in [0.1, 0.15) is 0 Å². The van der Waals surface area contributed by atoms with Gasteiger partial charge in [-0.1, -0.05) is 55.8 Å². The number of hydrogen-bond donors (Lipinski definition) is 0. The van der Waals surface area contributed by atoms with E-state index in [1.807, 2.05) is 12.1 Å². The van der Waals surface area contributed by atoms with Crippen molar-refractivity contribution in [3.05, 3.63) is 59.7 Å². The lowest BCUT2D eigenvalue weighted by atomic mass is 9.75. The van der Waals surface area contributed by atoms with Crippen LogP contribution in [0.1, 0.15) is 51.5 Å². The van der Waals surface area contributed by atoms with E-state index in [-0.39, 0.29) is 5.41 Å². The maximum absolute atomic E-state index is 12.3. The summed E-state index contributed by atoms with van der Waals surface area (Å²) in [6.07, 6.45) is 7.78. The fourth-order valence-corrected chi connectivity index (χ4v) is 3.10. The molecule has 0 aromatic heterocycles. The SMILES string of the molecule is C=CC(C)(C)/C(CCc1ccccc1)=C1/CCCCC1=O. The number of benzene rings is 1. The van der Waals surface area contributed by atoms with Crippen LogP contribution in [0.25, 0.3) is 0 Å². The lowest BCUT2D eigenvalue weighted by Crippen LogP contribution is -2.20. The van der Waals surface area contributed by atoms with Crippen molar-refractivity contribution >= 4 is 5.78 Å². The lowest BCUT2D eigenvalue weighted by molar-refractivity contribution is -0.116. The Morgan fingerprint density at radius 3 is 2.48 bits per heavy atom. The predicted molar refractivity (Wildman–Crippen MR) is 89.2 cm³/mol. The molecule has 1 saturated carbocycles. The number of hydrogen-bond acceptors (Lipinski definition) is 1. The van der Waals surface area contributed by atoms with E-state index in [4.69, 9.17) is 0 Å². The molecule has 0 aliphatic heterocycles. The summed E-state index contributed by atoms with van der Waals surface area (Å²) in [6.45, 7) is 8.33. The fraction of sp³-hybridized carbons (Fsp3) is 0.450. The normalized spacial score (nSPS) is 18.5. The zero-order valence-electron chi connectivity index (χ0n) is 13.3. The first-order valence-electron chi connectivity index (χ1n) is 7.98. The summed E-state index contributed by atoms with van der Waals surface area (Å²) in [7, 11) is 0. The van der Waals surface area contributed by atoms with Gasteiger partial charge in [0, 0.05) is 11.8 Å². The summed E-state index contributed by atoms with van der Waals surface area (Å²) in [4.78, 5) is 12.3. The highest BCUT2D eigenvalue weighted by molar-refractivity contribution is 5.97. The van der Waals surface area contributed by atoms with Crippen molar-refractivity contribution in [2.24, 2.45) is 5.41 Å². The maximum atomic E-state index is 12.3.